The van der Waals surface area contributed by atoms with E-state index in [1.807, 2.05) is 10.8 Å². The molecule has 0 heterocycles. The molecule has 0 bridgehead atoms. The predicted octanol–water partition coefficient (Wildman–Crippen LogP) is 3.04. The Bertz CT molecular complexity index is 956. The summed E-state index contributed by atoms with van der Waals surface area (Å²) in [5.74, 6) is -2.22. The lowest BCUT2D eigenvalue weighted by atomic mass is 10.1. The van der Waals surface area contributed by atoms with Crippen LogP contribution < -0.4 is 10.0 Å². The summed E-state index contributed by atoms with van der Waals surface area (Å²) < 4.78 is 52.2. The number of allylic oxidation sites excluding steroid dienone is 1. The van der Waals surface area contributed by atoms with E-state index in [0.717, 1.165) is 35.7 Å². The topological polar surface area (TPSA) is 75.3 Å². The van der Waals surface area contributed by atoms with E-state index in [1.54, 1.807) is 12.1 Å². The molecule has 2 aromatic carbocycles. The molecule has 0 radical (unpaired) electrons. The molecule has 0 aliphatic heterocycles. The second-order valence-electron chi connectivity index (χ2n) is 5.16. The van der Waals surface area contributed by atoms with Crippen LogP contribution in [0.1, 0.15) is 11.1 Å². The van der Waals surface area contributed by atoms with E-state index in [1.165, 1.54) is 12.1 Å². The second kappa shape index (κ2) is 6.04. The van der Waals surface area contributed by atoms with Gasteiger partial charge in [0.25, 0.3) is 10.0 Å². The smallest absolute Gasteiger partial charge is 0.307 e. The van der Waals surface area contributed by atoms with E-state index in [9.17, 15) is 22.0 Å². The van der Waals surface area contributed by atoms with Crippen molar-refractivity contribution in [2.45, 2.75) is 11.3 Å². The van der Waals surface area contributed by atoms with Crippen molar-refractivity contribution < 1.29 is 22.0 Å². The Balaban J connectivity index is 1.75. The number of carbonyl (C=O) groups is 1. The molecule has 3 rings (SSSR count). The Morgan fingerprint density at radius 3 is 2.58 bits per heavy atom. The van der Waals surface area contributed by atoms with Gasteiger partial charge in [0.05, 0.1) is 4.90 Å². The highest BCUT2D eigenvalue weighted by molar-refractivity contribution is 7.90. The molecule has 0 atom stereocenters. The molecule has 0 aromatic heterocycles. The van der Waals surface area contributed by atoms with Crippen LogP contribution in [0.25, 0.3) is 6.08 Å². The molecule has 1 aliphatic carbocycles. The van der Waals surface area contributed by atoms with Crippen molar-refractivity contribution in [3.8, 4) is 0 Å². The highest BCUT2D eigenvalue weighted by Crippen LogP contribution is 2.23. The fraction of sp³-hybridized carbons (Fsp3) is 0.0625. The molecule has 0 saturated carbocycles. The van der Waals surface area contributed by atoms with E-state index in [-0.39, 0.29) is 10.6 Å². The Hall–Kier alpha value is -2.74. The first-order chi connectivity index (χ1) is 11.3. The molecule has 5 nitrogen and oxygen atoms in total. The summed E-state index contributed by atoms with van der Waals surface area (Å²) in [4.78, 5) is 11.7. The van der Waals surface area contributed by atoms with Gasteiger partial charge >= 0.3 is 6.03 Å². The molecule has 0 unspecified atom stereocenters. The van der Waals surface area contributed by atoms with E-state index in [2.05, 4.69) is 5.32 Å². The van der Waals surface area contributed by atoms with Gasteiger partial charge in [0.1, 0.15) is 0 Å². The summed E-state index contributed by atoms with van der Waals surface area (Å²) >= 11 is 0. The third-order valence-electron chi connectivity index (χ3n) is 3.47. The summed E-state index contributed by atoms with van der Waals surface area (Å²) in [7, 11) is -4.08. The van der Waals surface area contributed by atoms with Gasteiger partial charge in [0, 0.05) is 11.8 Å². The van der Waals surface area contributed by atoms with Crippen molar-refractivity contribution in [2.75, 3.05) is 5.32 Å². The number of rotatable bonds is 3. The zero-order chi connectivity index (χ0) is 17.3. The highest BCUT2D eigenvalue weighted by Gasteiger charge is 2.19. The largest absolute Gasteiger partial charge is 0.333 e. The fourth-order valence-corrected chi connectivity index (χ4v) is 3.25. The fourth-order valence-electron chi connectivity index (χ4n) is 2.31. The van der Waals surface area contributed by atoms with Gasteiger partial charge in [-0.3, -0.25) is 0 Å². The van der Waals surface area contributed by atoms with E-state index >= 15 is 0 Å². The molecule has 0 spiro atoms. The van der Waals surface area contributed by atoms with E-state index < -0.39 is 27.7 Å². The Kier molecular flexibility index (Phi) is 4.06. The monoisotopic (exact) mass is 350 g/mol. The number of fused-ring (bicyclic) bond motifs is 1. The minimum absolute atomic E-state index is 0.0618. The maximum absolute atomic E-state index is 13.1. The van der Waals surface area contributed by atoms with Crippen molar-refractivity contribution in [3.05, 3.63) is 65.2 Å². The van der Waals surface area contributed by atoms with Crippen LogP contribution >= 0.6 is 0 Å². The van der Waals surface area contributed by atoms with Crippen molar-refractivity contribution in [2.24, 2.45) is 0 Å². The molecule has 2 N–H and O–H groups in total. The van der Waals surface area contributed by atoms with E-state index in [0.29, 0.717) is 0 Å². The first-order valence-corrected chi connectivity index (χ1v) is 8.42. The minimum atomic E-state index is -4.08. The van der Waals surface area contributed by atoms with Crippen molar-refractivity contribution >= 4 is 27.8 Å². The standard InChI is InChI=1S/C16H12F2N2O3S/c17-14-7-5-12(9-15(14)18)19-16(21)20-24(22,23)13-6-4-10-2-1-3-11(10)8-13/h1,3-9H,2H2,(H2,19,20,21). The molecule has 2 amide bonds. The molecule has 8 heteroatoms. The van der Waals surface area contributed by atoms with Crippen molar-refractivity contribution in [1.29, 1.82) is 0 Å². The molecule has 2 aromatic rings. The van der Waals surface area contributed by atoms with Crippen LogP contribution in [-0.2, 0) is 16.4 Å². The molecule has 0 saturated heterocycles. The summed E-state index contributed by atoms with van der Waals surface area (Å²) in [6, 6.07) is 6.16. The number of hydrogen-bond donors (Lipinski definition) is 2. The quantitative estimate of drug-likeness (QED) is 0.893. The van der Waals surface area contributed by atoms with Crippen LogP contribution in [0.2, 0.25) is 0 Å². The normalized spacial score (nSPS) is 12.8. The van der Waals surface area contributed by atoms with Crippen LogP contribution in [0.5, 0.6) is 0 Å². The number of benzene rings is 2. The molecule has 124 valence electrons. The molecule has 24 heavy (non-hydrogen) atoms. The van der Waals surface area contributed by atoms with Gasteiger partial charge in [-0.15, -0.1) is 0 Å². The SMILES string of the molecule is O=C(Nc1ccc(F)c(F)c1)NS(=O)(=O)c1ccc2c(c1)C=CC2. The number of hydrogen-bond acceptors (Lipinski definition) is 3. The van der Waals surface area contributed by atoms with Gasteiger partial charge in [-0.2, -0.15) is 0 Å². The van der Waals surface area contributed by atoms with Gasteiger partial charge < -0.3 is 5.32 Å². The van der Waals surface area contributed by atoms with Gasteiger partial charge in [-0.1, -0.05) is 18.2 Å². The summed E-state index contributed by atoms with van der Waals surface area (Å²) in [5.41, 5.74) is 1.71. The van der Waals surface area contributed by atoms with Crippen LogP contribution in [0.4, 0.5) is 19.3 Å². The summed E-state index contributed by atoms with van der Waals surface area (Å²) in [5, 5.41) is 2.14. The first kappa shape index (κ1) is 16.1. The Labute approximate surface area is 137 Å². The average molecular weight is 350 g/mol. The summed E-state index contributed by atoms with van der Waals surface area (Å²) in [6.07, 6.45) is 4.44. The number of urea groups is 1. The van der Waals surface area contributed by atoms with Gasteiger partial charge in [0.15, 0.2) is 11.6 Å². The lowest BCUT2D eigenvalue weighted by molar-refractivity contribution is 0.256. The maximum atomic E-state index is 13.1. The van der Waals surface area contributed by atoms with Crippen LogP contribution in [0, 0.1) is 11.6 Å². The number of anilines is 1. The lowest BCUT2D eigenvalue weighted by Crippen LogP contribution is -2.34. The summed E-state index contributed by atoms with van der Waals surface area (Å²) in [6.45, 7) is 0. The number of sulfonamides is 1. The van der Waals surface area contributed by atoms with Gasteiger partial charge in [-0.05, 0) is 41.8 Å². The molecule has 1 aliphatic rings. The first-order valence-electron chi connectivity index (χ1n) is 6.93. The molecule has 0 fully saturated rings. The average Bonchev–Trinajstić information content (AvgIpc) is 2.98. The third kappa shape index (κ3) is 3.28. The van der Waals surface area contributed by atoms with Gasteiger partial charge in [-0.25, -0.2) is 26.7 Å². The zero-order valence-corrected chi connectivity index (χ0v) is 13.0. The minimum Gasteiger partial charge on any atom is -0.307 e. The predicted molar refractivity (Wildman–Crippen MR) is 84.9 cm³/mol. The number of halogens is 2. The number of amides is 2. The van der Waals surface area contributed by atoms with Gasteiger partial charge in [0.2, 0.25) is 0 Å². The van der Waals surface area contributed by atoms with Crippen LogP contribution in [0.15, 0.2) is 47.4 Å². The number of nitrogens with one attached hydrogen (secondary N) is 2. The highest BCUT2D eigenvalue weighted by atomic mass is 32.2. The van der Waals surface area contributed by atoms with Crippen LogP contribution in [0.3, 0.4) is 0 Å². The third-order valence-corrected chi connectivity index (χ3v) is 4.80. The van der Waals surface area contributed by atoms with Crippen molar-refractivity contribution in [1.82, 2.24) is 4.72 Å². The molecular formula is C16H12F2N2O3S. The second-order valence-corrected chi connectivity index (χ2v) is 6.84. The Morgan fingerprint density at radius 1 is 1.04 bits per heavy atom. The lowest BCUT2D eigenvalue weighted by Gasteiger charge is -2.10. The van der Waals surface area contributed by atoms with Crippen molar-refractivity contribution in [3.63, 3.8) is 0 Å². The number of carbonyl (C=O) groups excluding carboxylic acids is 1. The van der Waals surface area contributed by atoms with E-state index in [4.69, 9.17) is 0 Å². The molecular weight excluding hydrogens is 338 g/mol. The Morgan fingerprint density at radius 2 is 1.83 bits per heavy atom. The zero-order valence-electron chi connectivity index (χ0n) is 12.2. The van der Waals surface area contributed by atoms with Crippen LogP contribution in [-0.4, -0.2) is 14.4 Å². The maximum Gasteiger partial charge on any atom is 0.333 e.